The number of rotatable bonds is 6. The lowest BCUT2D eigenvalue weighted by Crippen LogP contribution is -2.42. The van der Waals surface area contributed by atoms with Gasteiger partial charge in [0.25, 0.3) is 10.0 Å². The molecule has 2 heterocycles. The second kappa shape index (κ2) is 9.76. The van der Waals surface area contributed by atoms with Crippen molar-refractivity contribution in [2.45, 2.75) is 69.0 Å². The van der Waals surface area contributed by atoms with Crippen LogP contribution in [0.3, 0.4) is 0 Å². The second-order valence-electron chi connectivity index (χ2n) is 9.78. The van der Waals surface area contributed by atoms with Crippen molar-refractivity contribution in [3.05, 3.63) is 58.9 Å². The number of hydrogen-bond donors (Lipinski definition) is 2. The molecule has 1 saturated carbocycles. The van der Waals surface area contributed by atoms with Crippen LogP contribution in [0.1, 0.15) is 46.5 Å². The molecule has 0 spiro atoms. The summed E-state index contributed by atoms with van der Waals surface area (Å²) < 4.78 is 32.7. The summed E-state index contributed by atoms with van der Waals surface area (Å²) in [5.74, 6) is 0. The fourth-order valence-corrected chi connectivity index (χ4v) is 5.63. The Kier molecular flexibility index (Phi) is 6.90. The van der Waals surface area contributed by atoms with Gasteiger partial charge in [-0.1, -0.05) is 18.2 Å². The highest BCUT2D eigenvalue weighted by Gasteiger charge is 2.29. The SMILES string of the molecule is CC(C)(C)OC(=O)N[C@H]1CC[C@@H](Nc2c([N+](=O)[O-])cnc3c2ccn3S(=O)(=O)c2ccccc2)CC1. The van der Waals surface area contributed by atoms with Crippen molar-refractivity contribution in [3.63, 3.8) is 0 Å². The predicted molar refractivity (Wildman–Crippen MR) is 134 cm³/mol. The molecule has 2 N–H and O–H groups in total. The zero-order chi connectivity index (χ0) is 26.1. The Labute approximate surface area is 209 Å². The first-order chi connectivity index (χ1) is 17.0. The van der Waals surface area contributed by atoms with Crippen molar-refractivity contribution in [2.24, 2.45) is 0 Å². The van der Waals surface area contributed by atoms with Gasteiger partial charge in [0.1, 0.15) is 17.5 Å². The summed E-state index contributed by atoms with van der Waals surface area (Å²) in [6, 6.07) is 9.30. The number of carbonyl (C=O) groups is 1. The molecule has 1 fully saturated rings. The van der Waals surface area contributed by atoms with Gasteiger partial charge < -0.3 is 15.4 Å². The van der Waals surface area contributed by atoms with Crippen LogP contribution in [0.25, 0.3) is 11.0 Å². The molecule has 1 aliphatic rings. The van der Waals surface area contributed by atoms with Crippen LogP contribution in [-0.4, -0.2) is 46.1 Å². The highest BCUT2D eigenvalue weighted by atomic mass is 32.2. The van der Waals surface area contributed by atoms with E-state index in [1.165, 1.54) is 24.4 Å². The van der Waals surface area contributed by atoms with E-state index in [1.54, 1.807) is 39.0 Å². The summed E-state index contributed by atoms with van der Waals surface area (Å²) in [5, 5.41) is 18.2. The monoisotopic (exact) mass is 515 g/mol. The predicted octanol–water partition coefficient (Wildman–Crippen LogP) is 4.43. The van der Waals surface area contributed by atoms with Gasteiger partial charge in [0.05, 0.1) is 15.2 Å². The van der Waals surface area contributed by atoms with Gasteiger partial charge in [0.2, 0.25) is 0 Å². The van der Waals surface area contributed by atoms with Gasteiger partial charge in [-0.3, -0.25) is 10.1 Å². The van der Waals surface area contributed by atoms with Crippen LogP contribution >= 0.6 is 0 Å². The molecule has 0 unspecified atom stereocenters. The van der Waals surface area contributed by atoms with Crippen LogP contribution in [0, 0.1) is 10.1 Å². The van der Waals surface area contributed by atoms with E-state index in [-0.39, 0.29) is 34.0 Å². The van der Waals surface area contributed by atoms with Crippen molar-refractivity contribution in [3.8, 4) is 0 Å². The Bertz CT molecular complexity index is 1370. The van der Waals surface area contributed by atoms with Gasteiger partial charge in [-0.25, -0.2) is 22.2 Å². The minimum Gasteiger partial charge on any atom is -0.444 e. The highest BCUT2D eigenvalue weighted by molar-refractivity contribution is 7.90. The molecular weight excluding hydrogens is 486 g/mol. The van der Waals surface area contributed by atoms with E-state index in [9.17, 15) is 23.3 Å². The third-order valence-corrected chi connectivity index (χ3v) is 7.63. The normalized spacial score (nSPS) is 18.5. The number of amides is 1. The van der Waals surface area contributed by atoms with Gasteiger partial charge in [-0.05, 0) is 64.7 Å². The maximum atomic E-state index is 13.2. The molecule has 0 atom stereocenters. The summed E-state index contributed by atoms with van der Waals surface area (Å²) in [6.45, 7) is 5.40. The third-order valence-electron chi connectivity index (χ3n) is 5.95. The maximum Gasteiger partial charge on any atom is 0.407 e. The van der Waals surface area contributed by atoms with Crippen molar-refractivity contribution < 1.29 is 22.9 Å². The Morgan fingerprint density at radius 1 is 1.11 bits per heavy atom. The lowest BCUT2D eigenvalue weighted by molar-refractivity contribution is -0.384. The minimum atomic E-state index is -3.93. The van der Waals surface area contributed by atoms with E-state index in [2.05, 4.69) is 15.6 Å². The molecule has 12 heteroatoms. The molecule has 11 nitrogen and oxygen atoms in total. The molecule has 0 aliphatic heterocycles. The number of nitrogens with one attached hydrogen (secondary N) is 2. The third kappa shape index (κ3) is 5.43. The molecule has 0 saturated heterocycles. The van der Waals surface area contributed by atoms with Crippen molar-refractivity contribution in [1.82, 2.24) is 14.3 Å². The van der Waals surface area contributed by atoms with Gasteiger partial charge in [-0.2, -0.15) is 0 Å². The van der Waals surface area contributed by atoms with Gasteiger partial charge in [0.15, 0.2) is 5.65 Å². The van der Waals surface area contributed by atoms with Crippen molar-refractivity contribution in [2.75, 3.05) is 5.32 Å². The number of carbonyl (C=O) groups excluding carboxylic acids is 1. The lowest BCUT2D eigenvalue weighted by Gasteiger charge is -2.31. The average molecular weight is 516 g/mol. The first-order valence-corrected chi connectivity index (χ1v) is 13.1. The van der Waals surface area contributed by atoms with Crippen LogP contribution in [-0.2, 0) is 14.8 Å². The first kappa shape index (κ1) is 25.4. The zero-order valence-electron chi connectivity index (χ0n) is 20.3. The molecule has 3 aromatic rings. The molecule has 4 rings (SSSR count). The number of alkyl carbamates (subject to hydrolysis) is 1. The summed E-state index contributed by atoms with van der Waals surface area (Å²) in [7, 11) is -3.93. The van der Waals surface area contributed by atoms with E-state index in [0.717, 1.165) is 10.2 Å². The fraction of sp³-hybridized carbons (Fsp3) is 0.417. The Balaban J connectivity index is 1.56. The first-order valence-electron chi connectivity index (χ1n) is 11.7. The van der Waals surface area contributed by atoms with Crippen LogP contribution in [0.5, 0.6) is 0 Å². The number of hydrogen-bond acceptors (Lipinski definition) is 8. The van der Waals surface area contributed by atoms with Gasteiger partial charge >= 0.3 is 11.8 Å². The van der Waals surface area contributed by atoms with E-state index in [4.69, 9.17) is 4.74 Å². The van der Waals surface area contributed by atoms with Crippen molar-refractivity contribution in [1.29, 1.82) is 0 Å². The number of anilines is 1. The zero-order valence-corrected chi connectivity index (χ0v) is 21.1. The van der Waals surface area contributed by atoms with E-state index in [1.807, 2.05) is 0 Å². The largest absolute Gasteiger partial charge is 0.444 e. The Morgan fingerprint density at radius 3 is 2.36 bits per heavy atom. The van der Waals surface area contributed by atoms with Crippen LogP contribution in [0.15, 0.2) is 53.7 Å². The van der Waals surface area contributed by atoms with Crippen LogP contribution in [0.4, 0.5) is 16.2 Å². The summed E-state index contributed by atoms with van der Waals surface area (Å²) in [5.41, 5.74) is -0.479. The highest BCUT2D eigenvalue weighted by Crippen LogP contribution is 2.35. The number of benzene rings is 1. The number of ether oxygens (including phenoxy) is 1. The molecule has 0 radical (unpaired) electrons. The number of nitro groups is 1. The quantitative estimate of drug-likeness (QED) is 0.362. The van der Waals surface area contributed by atoms with E-state index in [0.29, 0.717) is 31.1 Å². The molecule has 0 bridgehead atoms. The Hall–Kier alpha value is -3.67. The summed E-state index contributed by atoms with van der Waals surface area (Å²) >= 11 is 0. The fourth-order valence-electron chi connectivity index (χ4n) is 4.30. The number of nitrogens with zero attached hydrogens (tertiary/aromatic N) is 3. The Morgan fingerprint density at radius 2 is 1.75 bits per heavy atom. The lowest BCUT2D eigenvalue weighted by atomic mass is 9.91. The van der Waals surface area contributed by atoms with Crippen LogP contribution < -0.4 is 10.6 Å². The topological polar surface area (TPSA) is 145 Å². The smallest absolute Gasteiger partial charge is 0.407 e. The number of fused-ring (bicyclic) bond motifs is 1. The molecule has 1 aromatic carbocycles. The number of aromatic nitrogens is 2. The molecule has 2 aromatic heterocycles. The van der Waals surface area contributed by atoms with E-state index >= 15 is 0 Å². The summed E-state index contributed by atoms with van der Waals surface area (Å²) in [6.07, 6.45) is 4.62. The van der Waals surface area contributed by atoms with E-state index < -0.39 is 26.6 Å². The molecule has 36 heavy (non-hydrogen) atoms. The average Bonchev–Trinajstić information content (AvgIpc) is 3.25. The number of pyridine rings is 1. The van der Waals surface area contributed by atoms with Crippen molar-refractivity contribution >= 4 is 38.5 Å². The summed E-state index contributed by atoms with van der Waals surface area (Å²) in [4.78, 5) is 27.5. The minimum absolute atomic E-state index is 0.0533. The second-order valence-corrected chi connectivity index (χ2v) is 11.6. The molecule has 1 amide bonds. The van der Waals surface area contributed by atoms with Gasteiger partial charge in [0, 0.05) is 18.3 Å². The maximum absolute atomic E-state index is 13.2. The standard InChI is InChI=1S/C24H29N5O6S/c1-24(2,3)35-23(30)27-17-11-9-16(10-12-17)26-21-19-13-14-28(22(19)25-15-20(21)29(31)32)36(33,34)18-7-5-4-6-8-18/h4-8,13-17H,9-12H2,1-3H3,(H,25,26)(H,27,30)/t16-,17+. The molecular formula is C24H29N5O6S. The molecule has 192 valence electrons. The van der Waals surface area contributed by atoms with Gasteiger partial charge in [-0.15, -0.1) is 0 Å². The molecule has 1 aliphatic carbocycles. The van der Waals surface area contributed by atoms with Crippen LogP contribution in [0.2, 0.25) is 0 Å².